The standard InChI is InChI=1S/C24H25N7O/c1-16-6-5-9-20(28-16)24-23(17-10-11-22-26-15-27-31(22)13-17)29-21(30-24)12-25-19-8-4-3-7-18(19)14-32-2/h3-11,13,15,22,25H,12,14H2,1-2H3,(H,26,27)(H,29,30). The third kappa shape index (κ3) is 4.00. The van der Waals surface area contributed by atoms with Gasteiger partial charge in [0.1, 0.15) is 12.2 Å². The Labute approximate surface area is 186 Å². The molecule has 0 spiro atoms. The van der Waals surface area contributed by atoms with Gasteiger partial charge in [0.15, 0.2) is 6.17 Å². The van der Waals surface area contributed by atoms with Gasteiger partial charge in [0, 0.05) is 35.8 Å². The van der Waals surface area contributed by atoms with E-state index >= 15 is 0 Å². The van der Waals surface area contributed by atoms with Crippen LogP contribution in [0.3, 0.4) is 0 Å². The molecule has 1 aromatic carbocycles. The lowest BCUT2D eigenvalue weighted by atomic mass is 10.1. The van der Waals surface area contributed by atoms with Gasteiger partial charge in [-0.1, -0.05) is 30.3 Å². The number of nitrogens with one attached hydrogen (secondary N) is 3. The number of aliphatic imine (C=N–C) groups is 1. The smallest absolute Gasteiger partial charge is 0.159 e. The summed E-state index contributed by atoms with van der Waals surface area (Å²) in [6.45, 7) is 3.09. The van der Waals surface area contributed by atoms with Gasteiger partial charge in [-0.25, -0.2) is 9.98 Å². The van der Waals surface area contributed by atoms with Gasteiger partial charge in [0.25, 0.3) is 0 Å². The number of hydrogen-bond donors (Lipinski definition) is 3. The Balaban J connectivity index is 1.47. The molecule has 4 heterocycles. The Morgan fingerprint density at radius 3 is 2.91 bits per heavy atom. The highest BCUT2D eigenvalue weighted by Crippen LogP contribution is 2.30. The molecule has 3 N–H and O–H groups in total. The molecule has 2 aromatic heterocycles. The van der Waals surface area contributed by atoms with E-state index in [4.69, 9.17) is 14.7 Å². The molecule has 8 nitrogen and oxygen atoms in total. The summed E-state index contributed by atoms with van der Waals surface area (Å²) in [6.07, 6.45) is 7.82. The molecule has 0 saturated carbocycles. The van der Waals surface area contributed by atoms with Crippen molar-refractivity contribution in [3.63, 3.8) is 0 Å². The molecule has 162 valence electrons. The van der Waals surface area contributed by atoms with Gasteiger partial charge >= 0.3 is 0 Å². The topological polar surface area (TPSA) is 90.5 Å². The molecule has 0 amide bonds. The molecule has 0 aliphatic carbocycles. The van der Waals surface area contributed by atoms with Crippen molar-refractivity contribution in [2.24, 2.45) is 4.99 Å². The number of hydrogen-bond acceptors (Lipinski definition) is 7. The number of pyridine rings is 1. The third-order valence-electron chi connectivity index (χ3n) is 5.38. The molecule has 3 aromatic rings. The fraction of sp³-hybridized carbons (Fsp3) is 0.208. The molecule has 0 saturated heterocycles. The number of H-pyrrole nitrogens is 1. The molecular formula is C24H25N7O. The van der Waals surface area contributed by atoms with Crippen LogP contribution in [0, 0.1) is 6.92 Å². The highest BCUT2D eigenvalue weighted by atomic mass is 16.5. The van der Waals surface area contributed by atoms with Gasteiger partial charge in [-0.2, -0.15) is 0 Å². The molecule has 0 fully saturated rings. The zero-order valence-corrected chi connectivity index (χ0v) is 18.0. The van der Waals surface area contributed by atoms with Gasteiger partial charge < -0.3 is 15.0 Å². The van der Waals surface area contributed by atoms with Gasteiger partial charge in [0.05, 0.1) is 30.2 Å². The Bertz CT molecular complexity index is 1210. The maximum Gasteiger partial charge on any atom is 0.159 e. The summed E-state index contributed by atoms with van der Waals surface area (Å²) >= 11 is 0. The lowest BCUT2D eigenvalue weighted by Crippen LogP contribution is -2.34. The summed E-state index contributed by atoms with van der Waals surface area (Å²) < 4.78 is 5.32. The molecule has 32 heavy (non-hydrogen) atoms. The molecule has 5 rings (SSSR count). The summed E-state index contributed by atoms with van der Waals surface area (Å²) in [5.74, 6) is 0.826. The van der Waals surface area contributed by atoms with E-state index < -0.39 is 0 Å². The second kappa shape index (κ2) is 8.68. The van der Waals surface area contributed by atoms with Crippen LogP contribution in [0.15, 0.2) is 65.8 Å². The number of hydrazine groups is 1. The minimum absolute atomic E-state index is 0.0170. The van der Waals surface area contributed by atoms with Gasteiger partial charge in [-0.05, 0) is 31.2 Å². The van der Waals surface area contributed by atoms with Crippen LogP contribution in [0.25, 0.3) is 17.0 Å². The first-order valence-corrected chi connectivity index (χ1v) is 10.5. The van der Waals surface area contributed by atoms with E-state index in [1.54, 1.807) is 13.4 Å². The Kier molecular flexibility index (Phi) is 5.43. The van der Waals surface area contributed by atoms with Crippen molar-refractivity contribution in [2.45, 2.75) is 26.2 Å². The number of methoxy groups -OCH3 is 1. The van der Waals surface area contributed by atoms with Crippen molar-refractivity contribution in [2.75, 3.05) is 12.4 Å². The normalized spacial score (nSPS) is 16.6. The first-order valence-electron chi connectivity index (χ1n) is 10.5. The number of fused-ring (bicyclic) bond motifs is 1. The second-order valence-electron chi connectivity index (χ2n) is 7.69. The van der Waals surface area contributed by atoms with Crippen LogP contribution >= 0.6 is 0 Å². The predicted octanol–water partition coefficient (Wildman–Crippen LogP) is 3.62. The molecule has 1 unspecified atom stereocenters. The number of imidazole rings is 1. The van der Waals surface area contributed by atoms with Crippen molar-refractivity contribution in [1.29, 1.82) is 0 Å². The number of rotatable bonds is 7. The van der Waals surface area contributed by atoms with E-state index in [1.807, 2.05) is 60.6 Å². The number of allylic oxidation sites excluding steroid dienone is 2. The van der Waals surface area contributed by atoms with Crippen molar-refractivity contribution in [1.82, 2.24) is 25.4 Å². The van der Waals surface area contributed by atoms with Crippen LogP contribution in [-0.2, 0) is 17.9 Å². The fourth-order valence-electron chi connectivity index (χ4n) is 3.84. The minimum atomic E-state index is -0.0170. The van der Waals surface area contributed by atoms with E-state index in [0.29, 0.717) is 13.2 Å². The number of para-hydroxylation sites is 1. The van der Waals surface area contributed by atoms with Crippen molar-refractivity contribution in [3.8, 4) is 11.4 Å². The molecule has 1 atom stereocenters. The van der Waals surface area contributed by atoms with Crippen LogP contribution in [0.5, 0.6) is 0 Å². The Morgan fingerprint density at radius 1 is 1.12 bits per heavy atom. The SMILES string of the molecule is COCc1ccccc1NCc1nc(C2=CN3NC=NC3C=C2)c(-c2cccc(C)n2)[nH]1. The molecule has 0 radical (unpaired) electrons. The first kappa shape index (κ1) is 20.0. The monoisotopic (exact) mass is 427 g/mol. The number of benzene rings is 1. The van der Waals surface area contributed by atoms with E-state index in [9.17, 15) is 0 Å². The van der Waals surface area contributed by atoms with Gasteiger partial charge in [0.2, 0.25) is 0 Å². The quantitative estimate of drug-likeness (QED) is 0.534. The number of nitrogens with zero attached hydrogens (tertiary/aromatic N) is 4. The van der Waals surface area contributed by atoms with Crippen molar-refractivity contribution in [3.05, 3.63) is 83.6 Å². The largest absolute Gasteiger partial charge is 0.380 e. The van der Waals surface area contributed by atoms with Crippen molar-refractivity contribution >= 4 is 17.6 Å². The van der Waals surface area contributed by atoms with Crippen LogP contribution in [0.1, 0.15) is 22.8 Å². The van der Waals surface area contributed by atoms with Gasteiger partial charge in [-0.3, -0.25) is 15.4 Å². The predicted molar refractivity (Wildman–Crippen MR) is 125 cm³/mol. The Hall–Kier alpha value is -3.91. The third-order valence-corrected chi connectivity index (χ3v) is 5.38. The van der Waals surface area contributed by atoms with Crippen LogP contribution in [-0.4, -0.2) is 39.6 Å². The number of anilines is 1. The highest BCUT2D eigenvalue weighted by Gasteiger charge is 2.23. The number of aryl methyl sites for hydroxylation is 1. The zero-order valence-electron chi connectivity index (χ0n) is 18.0. The summed E-state index contributed by atoms with van der Waals surface area (Å²) in [6, 6.07) is 14.1. The number of aromatic nitrogens is 3. The maximum atomic E-state index is 5.32. The summed E-state index contributed by atoms with van der Waals surface area (Å²) in [5.41, 5.74) is 9.82. The molecular weight excluding hydrogens is 402 g/mol. The van der Waals surface area contributed by atoms with Crippen LogP contribution < -0.4 is 10.7 Å². The average Bonchev–Trinajstić information content (AvgIpc) is 3.45. The van der Waals surface area contributed by atoms with Crippen molar-refractivity contribution < 1.29 is 4.74 Å². The van der Waals surface area contributed by atoms with E-state index in [-0.39, 0.29) is 6.17 Å². The highest BCUT2D eigenvalue weighted by molar-refractivity contribution is 5.82. The number of aromatic amines is 1. The molecule has 8 heteroatoms. The van der Waals surface area contributed by atoms with Gasteiger partial charge in [-0.15, -0.1) is 0 Å². The molecule has 2 aliphatic rings. The summed E-state index contributed by atoms with van der Waals surface area (Å²) in [5, 5.41) is 5.44. The summed E-state index contributed by atoms with van der Waals surface area (Å²) in [4.78, 5) is 17.5. The van der Waals surface area contributed by atoms with E-state index in [1.165, 1.54) is 0 Å². The molecule has 2 aliphatic heterocycles. The van der Waals surface area contributed by atoms with E-state index in [2.05, 4.69) is 32.9 Å². The molecule has 0 bridgehead atoms. The van der Waals surface area contributed by atoms with Crippen LogP contribution in [0.4, 0.5) is 5.69 Å². The lowest BCUT2D eigenvalue weighted by molar-refractivity contribution is 0.185. The first-order chi connectivity index (χ1) is 15.7. The minimum Gasteiger partial charge on any atom is -0.380 e. The summed E-state index contributed by atoms with van der Waals surface area (Å²) in [7, 11) is 1.70. The Morgan fingerprint density at radius 2 is 2.03 bits per heavy atom. The van der Waals surface area contributed by atoms with Crippen LogP contribution in [0.2, 0.25) is 0 Å². The number of ether oxygens (including phenoxy) is 1. The average molecular weight is 428 g/mol. The maximum absolute atomic E-state index is 5.32. The zero-order chi connectivity index (χ0) is 21.9. The fourth-order valence-corrected chi connectivity index (χ4v) is 3.84. The van der Waals surface area contributed by atoms with E-state index in [0.717, 1.165) is 45.4 Å². The lowest BCUT2D eigenvalue weighted by Gasteiger charge is -2.22. The second-order valence-corrected chi connectivity index (χ2v) is 7.69.